The fraction of sp³-hybridized carbons (Fsp3) is 0.267. The van der Waals surface area contributed by atoms with Crippen molar-refractivity contribution in [2.45, 2.75) is 12.6 Å². The Morgan fingerprint density at radius 1 is 1.25 bits per heavy atom. The summed E-state index contributed by atoms with van der Waals surface area (Å²) in [5.41, 5.74) is 6.47. The minimum Gasteiger partial charge on any atom is -0.386 e. The first kappa shape index (κ1) is 14.7. The number of carbonyl (C=O) groups is 1. The molecule has 5 heteroatoms. The average Bonchev–Trinajstić information content (AvgIpc) is 3.01. The summed E-state index contributed by atoms with van der Waals surface area (Å²) in [4.78, 5) is 14.4. The smallest absolute Gasteiger partial charge is 0.236 e. The van der Waals surface area contributed by atoms with E-state index in [-0.39, 0.29) is 19.0 Å². The molecule has 0 bridgehead atoms. The third kappa shape index (κ3) is 3.90. The molecule has 0 spiro atoms. The topological polar surface area (TPSA) is 66.6 Å². The molecule has 1 heterocycles. The van der Waals surface area contributed by atoms with Crippen molar-refractivity contribution in [1.29, 1.82) is 0 Å². The Labute approximate surface area is 122 Å². The maximum atomic E-state index is 11.9. The van der Waals surface area contributed by atoms with E-state index >= 15 is 0 Å². The highest BCUT2D eigenvalue weighted by Crippen LogP contribution is 2.20. The molecule has 4 nitrogen and oxygen atoms in total. The Morgan fingerprint density at radius 3 is 2.60 bits per heavy atom. The second-order valence-electron chi connectivity index (χ2n) is 4.50. The Balaban J connectivity index is 2.06. The van der Waals surface area contributed by atoms with Crippen LogP contribution in [0.15, 0.2) is 47.8 Å². The number of aliphatic hydroxyl groups is 1. The summed E-state index contributed by atoms with van der Waals surface area (Å²) >= 11 is 1.48. The molecular weight excluding hydrogens is 272 g/mol. The van der Waals surface area contributed by atoms with E-state index in [1.807, 2.05) is 47.8 Å². The molecule has 106 valence electrons. The molecule has 20 heavy (non-hydrogen) atoms. The van der Waals surface area contributed by atoms with Crippen molar-refractivity contribution in [2.24, 2.45) is 5.73 Å². The summed E-state index contributed by atoms with van der Waals surface area (Å²) in [6.45, 7) is 0.661. The zero-order valence-corrected chi connectivity index (χ0v) is 11.9. The van der Waals surface area contributed by atoms with E-state index in [0.717, 1.165) is 10.4 Å². The number of nitrogens with zero attached hydrogens (tertiary/aromatic N) is 1. The van der Waals surface area contributed by atoms with Crippen molar-refractivity contribution < 1.29 is 9.90 Å². The lowest BCUT2D eigenvalue weighted by molar-refractivity contribution is -0.131. The van der Waals surface area contributed by atoms with Crippen LogP contribution < -0.4 is 5.73 Å². The SMILES string of the molecule is NCC(=O)N(Cc1ccccc1)CC(O)c1cccs1. The third-order valence-electron chi connectivity index (χ3n) is 3.01. The molecule has 0 radical (unpaired) electrons. The molecule has 0 saturated heterocycles. The molecule has 0 aliphatic rings. The molecule has 0 saturated carbocycles. The first-order chi connectivity index (χ1) is 9.70. The Morgan fingerprint density at radius 2 is 2.00 bits per heavy atom. The number of amides is 1. The molecule has 0 aliphatic heterocycles. The maximum absolute atomic E-state index is 11.9. The van der Waals surface area contributed by atoms with Crippen molar-refractivity contribution in [3.05, 3.63) is 58.3 Å². The number of thiophene rings is 1. The molecule has 1 aromatic carbocycles. The van der Waals surface area contributed by atoms with Crippen LogP contribution in [0, 0.1) is 0 Å². The lowest BCUT2D eigenvalue weighted by Gasteiger charge is -2.24. The Bertz CT molecular complexity index is 528. The molecule has 1 unspecified atom stereocenters. The number of carbonyl (C=O) groups excluding carboxylic acids is 1. The van der Waals surface area contributed by atoms with Crippen LogP contribution >= 0.6 is 11.3 Å². The number of hydrogen-bond donors (Lipinski definition) is 2. The molecule has 0 aliphatic carbocycles. The summed E-state index contributed by atoms with van der Waals surface area (Å²) in [6.07, 6.45) is -0.672. The van der Waals surface area contributed by atoms with Gasteiger partial charge in [0.05, 0.1) is 13.1 Å². The first-order valence-corrected chi connectivity index (χ1v) is 7.32. The van der Waals surface area contributed by atoms with Gasteiger partial charge in [0.15, 0.2) is 0 Å². The number of hydrogen-bond acceptors (Lipinski definition) is 4. The highest BCUT2D eigenvalue weighted by Gasteiger charge is 2.18. The van der Waals surface area contributed by atoms with Crippen molar-refractivity contribution >= 4 is 17.2 Å². The quantitative estimate of drug-likeness (QED) is 0.852. The van der Waals surface area contributed by atoms with E-state index < -0.39 is 6.10 Å². The lowest BCUT2D eigenvalue weighted by Crippen LogP contribution is -2.38. The third-order valence-corrected chi connectivity index (χ3v) is 3.98. The lowest BCUT2D eigenvalue weighted by atomic mass is 10.2. The van der Waals surface area contributed by atoms with Gasteiger partial charge in [0.1, 0.15) is 6.10 Å². The van der Waals surface area contributed by atoms with Gasteiger partial charge in [-0.25, -0.2) is 0 Å². The van der Waals surface area contributed by atoms with Crippen molar-refractivity contribution in [3.8, 4) is 0 Å². The minimum absolute atomic E-state index is 0.0516. The summed E-state index contributed by atoms with van der Waals surface area (Å²) in [5, 5.41) is 12.1. The van der Waals surface area contributed by atoms with Gasteiger partial charge < -0.3 is 15.7 Å². The van der Waals surface area contributed by atoms with E-state index in [1.54, 1.807) is 4.90 Å². The number of benzene rings is 1. The predicted molar refractivity (Wildman–Crippen MR) is 80.2 cm³/mol. The monoisotopic (exact) mass is 290 g/mol. The van der Waals surface area contributed by atoms with Crippen LogP contribution in [0.2, 0.25) is 0 Å². The van der Waals surface area contributed by atoms with Crippen LogP contribution in [0.1, 0.15) is 16.5 Å². The summed E-state index contributed by atoms with van der Waals surface area (Å²) in [7, 11) is 0. The minimum atomic E-state index is -0.672. The molecule has 1 atom stereocenters. The first-order valence-electron chi connectivity index (χ1n) is 6.44. The summed E-state index contributed by atoms with van der Waals surface area (Å²) in [6, 6.07) is 13.4. The fourth-order valence-corrected chi connectivity index (χ4v) is 2.67. The average molecular weight is 290 g/mol. The van der Waals surface area contributed by atoms with Crippen molar-refractivity contribution in [1.82, 2.24) is 4.90 Å². The maximum Gasteiger partial charge on any atom is 0.236 e. The summed E-state index contributed by atoms with van der Waals surface area (Å²) < 4.78 is 0. The molecular formula is C15H18N2O2S. The van der Waals surface area contributed by atoms with Crippen LogP contribution in [-0.2, 0) is 11.3 Å². The Hall–Kier alpha value is -1.69. The van der Waals surface area contributed by atoms with E-state index in [9.17, 15) is 9.90 Å². The van der Waals surface area contributed by atoms with Crippen molar-refractivity contribution in [3.63, 3.8) is 0 Å². The van der Waals surface area contributed by atoms with Gasteiger partial charge in [-0.2, -0.15) is 0 Å². The number of rotatable bonds is 6. The standard InChI is InChI=1S/C15H18N2O2S/c16-9-15(19)17(10-12-5-2-1-3-6-12)11-13(18)14-7-4-8-20-14/h1-8,13,18H,9-11,16H2. The molecule has 3 N–H and O–H groups in total. The van der Waals surface area contributed by atoms with Crippen LogP contribution in [0.4, 0.5) is 0 Å². The highest BCUT2D eigenvalue weighted by molar-refractivity contribution is 7.10. The van der Waals surface area contributed by atoms with E-state index in [2.05, 4.69) is 0 Å². The fourth-order valence-electron chi connectivity index (χ4n) is 1.97. The van der Waals surface area contributed by atoms with Gasteiger partial charge in [-0.3, -0.25) is 4.79 Å². The molecule has 1 amide bonds. The van der Waals surface area contributed by atoms with Crippen molar-refractivity contribution in [2.75, 3.05) is 13.1 Å². The van der Waals surface area contributed by atoms with Crippen LogP contribution in [0.25, 0.3) is 0 Å². The van der Waals surface area contributed by atoms with Gasteiger partial charge in [0, 0.05) is 11.4 Å². The van der Waals surface area contributed by atoms with Gasteiger partial charge >= 0.3 is 0 Å². The molecule has 1 aromatic heterocycles. The molecule has 2 aromatic rings. The number of aliphatic hydroxyl groups excluding tert-OH is 1. The summed E-state index contributed by atoms with van der Waals surface area (Å²) in [5.74, 6) is -0.163. The second-order valence-corrected chi connectivity index (χ2v) is 5.47. The van der Waals surface area contributed by atoms with E-state index in [1.165, 1.54) is 11.3 Å². The zero-order chi connectivity index (χ0) is 14.4. The van der Waals surface area contributed by atoms with Gasteiger partial charge in [-0.1, -0.05) is 36.4 Å². The van der Waals surface area contributed by atoms with Crippen LogP contribution in [0.5, 0.6) is 0 Å². The molecule has 2 rings (SSSR count). The predicted octanol–water partition coefficient (Wildman–Crippen LogP) is 1.77. The van der Waals surface area contributed by atoms with Gasteiger partial charge in [0.25, 0.3) is 0 Å². The van der Waals surface area contributed by atoms with E-state index in [0.29, 0.717) is 6.54 Å². The van der Waals surface area contributed by atoms with Gasteiger partial charge in [-0.15, -0.1) is 11.3 Å². The molecule has 0 fully saturated rings. The second kappa shape index (κ2) is 7.19. The van der Waals surface area contributed by atoms with Gasteiger partial charge in [0.2, 0.25) is 5.91 Å². The zero-order valence-electron chi connectivity index (χ0n) is 11.1. The van der Waals surface area contributed by atoms with Crippen LogP contribution in [0.3, 0.4) is 0 Å². The van der Waals surface area contributed by atoms with E-state index in [4.69, 9.17) is 5.73 Å². The number of nitrogens with two attached hydrogens (primary N) is 1. The highest BCUT2D eigenvalue weighted by atomic mass is 32.1. The normalized spacial score (nSPS) is 12.1. The van der Waals surface area contributed by atoms with Gasteiger partial charge in [-0.05, 0) is 17.0 Å². The Kier molecular flexibility index (Phi) is 5.29. The largest absolute Gasteiger partial charge is 0.386 e. The van der Waals surface area contributed by atoms with Crippen LogP contribution in [-0.4, -0.2) is 29.0 Å².